The van der Waals surface area contributed by atoms with Crippen LogP contribution in [-0.2, 0) is 11.3 Å². The largest absolute Gasteiger partial charge is 0.505 e. The molecule has 0 unspecified atom stereocenters. The number of ether oxygens (including phenoxy) is 1. The van der Waals surface area contributed by atoms with Gasteiger partial charge in [0.25, 0.3) is 5.91 Å². The minimum absolute atomic E-state index is 0.113. The number of phenols is 1. The van der Waals surface area contributed by atoms with Crippen LogP contribution in [0.1, 0.15) is 28.8 Å². The van der Waals surface area contributed by atoms with Crippen LogP contribution in [0.2, 0.25) is 0 Å². The zero-order chi connectivity index (χ0) is 20.8. The van der Waals surface area contributed by atoms with Crippen molar-refractivity contribution in [2.45, 2.75) is 19.4 Å². The monoisotopic (exact) mass is 404 g/mol. The summed E-state index contributed by atoms with van der Waals surface area (Å²) in [6.45, 7) is 1.49. The number of amides is 2. The maximum atomic E-state index is 13.7. The number of nitrogens with zero attached hydrogens (tertiary/aromatic N) is 1. The summed E-state index contributed by atoms with van der Waals surface area (Å²) in [5, 5.41) is 11.7. The van der Waals surface area contributed by atoms with Gasteiger partial charge >= 0.3 is 6.09 Å². The minimum atomic E-state index is -1.06. The highest BCUT2D eigenvalue weighted by molar-refractivity contribution is 5.94. The molecule has 2 amide bonds. The van der Waals surface area contributed by atoms with Gasteiger partial charge in [-0.05, 0) is 30.4 Å². The third-order valence-electron chi connectivity index (χ3n) is 4.91. The lowest BCUT2D eigenvalue weighted by Gasteiger charge is -2.31. The van der Waals surface area contributed by atoms with Gasteiger partial charge < -0.3 is 20.1 Å². The molecule has 1 aliphatic heterocycles. The van der Waals surface area contributed by atoms with E-state index in [2.05, 4.69) is 5.32 Å². The van der Waals surface area contributed by atoms with Crippen LogP contribution in [-0.4, -0.2) is 41.6 Å². The van der Waals surface area contributed by atoms with E-state index in [1.165, 1.54) is 0 Å². The Kier molecular flexibility index (Phi) is 6.64. The average molecular weight is 404 g/mol. The van der Waals surface area contributed by atoms with E-state index in [0.717, 1.165) is 5.56 Å². The van der Waals surface area contributed by atoms with Crippen molar-refractivity contribution in [3.63, 3.8) is 0 Å². The Morgan fingerprint density at radius 2 is 1.79 bits per heavy atom. The van der Waals surface area contributed by atoms with Crippen molar-refractivity contribution in [3.8, 4) is 5.75 Å². The number of piperidine rings is 1. The second-order valence-electron chi connectivity index (χ2n) is 6.96. The average Bonchev–Trinajstić information content (AvgIpc) is 2.74. The number of aromatic hydroxyl groups is 1. The van der Waals surface area contributed by atoms with Gasteiger partial charge in [0, 0.05) is 25.7 Å². The van der Waals surface area contributed by atoms with Crippen LogP contribution in [0.4, 0.5) is 13.6 Å². The normalized spacial score (nSPS) is 14.5. The number of rotatable bonds is 5. The highest BCUT2D eigenvalue weighted by Gasteiger charge is 2.25. The lowest BCUT2D eigenvalue weighted by molar-refractivity contribution is 0.0800. The molecule has 154 valence electrons. The van der Waals surface area contributed by atoms with E-state index >= 15 is 0 Å². The number of hydrogen-bond donors (Lipinski definition) is 2. The third kappa shape index (κ3) is 5.43. The van der Waals surface area contributed by atoms with Crippen LogP contribution in [0.25, 0.3) is 0 Å². The summed E-state index contributed by atoms with van der Waals surface area (Å²) in [6, 6.07) is 10.6. The Bertz CT molecular complexity index is 868. The van der Waals surface area contributed by atoms with E-state index < -0.39 is 28.9 Å². The summed E-state index contributed by atoms with van der Waals surface area (Å²) < 4.78 is 32.4. The van der Waals surface area contributed by atoms with Crippen molar-refractivity contribution in [3.05, 3.63) is 65.2 Å². The van der Waals surface area contributed by atoms with Crippen LogP contribution in [0.3, 0.4) is 0 Å². The third-order valence-corrected chi connectivity index (χ3v) is 4.91. The summed E-state index contributed by atoms with van der Waals surface area (Å²) in [6.07, 6.45) is 0.943. The molecule has 0 aliphatic carbocycles. The second-order valence-corrected chi connectivity index (χ2v) is 6.96. The Labute approximate surface area is 167 Å². The van der Waals surface area contributed by atoms with Crippen molar-refractivity contribution >= 4 is 12.0 Å². The molecule has 0 bridgehead atoms. The summed E-state index contributed by atoms with van der Waals surface area (Å²) in [5.41, 5.74) is 0.457. The van der Waals surface area contributed by atoms with Gasteiger partial charge in [0.2, 0.25) is 0 Å². The molecule has 2 N–H and O–H groups in total. The zero-order valence-electron chi connectivity index (χ0n) is 15.7. The van der Waals surface area contributed by atoms with Gasteiger partial charge in [-0.15, -0.1) is 0 Å². The van der Waals surface area contributed by atoms with Crippen LogP contribution >= 0.6 is 0 Å². The van der Waals surface area contributed by atoms with Crippen LogP contribution < -0.4 is 5.32 Å². The minimum Gasteiger partial charge on any atom is -0.505 e. The number of carbonyl (C=O) groups excluding carboxylic acids is 2. The molecule has 8 heteroatoms. The van der Waals surface area contributed by atoms with Crippen molar-refractivity contribution in [1.29, 1.82) is 0 Å². The molecule has 0 aromatic heterocycles. The fourth-order valence-electron chi connectivity index (χ4n) is 3.17. The molecular formula is C21H22F2N2O4. The van der Waals surface area contributed by atoms with E-state index in [4.69, 9.17) is 9.84 Å². The molecular weight excluding hydrogens is 382 g/mol. The Balaban J connectivity index is 1.42. The Morgan fingerprint density at radius 1 is 1.10 bits per heavy atom. The van der Waals surface area contributed by atoms with Crippen LogP contribution in [0.5, 0.6) is 5.75 Å². The molecule has 1 heterocycles. The van der Waals surface area contributed by atoms with Crippen molar-refractivity contribution in [1.82, 2.24) is 10.2 Å². The first-order valence-corrected chi connectivity index (χ1v) is 9.36. The quantitative estimate of drug-likeness (QED) is 0.800. The molecule has 1 aliphatic rings. The Hall–Kier alpha value is -3.16. The SMILES string of the molecule is O=C(NCC1CCN(C(=O)OCc2ccccc2)CC1)c1cc(F)c(O)cc1F. The lowest BCUT2D eigenvalue weighted by Crippen LogP contribution is -2.41. The van der Waals surface area contributed by atoms with E-state index in [1.807, 2.05) is 30.3 Å². The molecule has 29 heavy (non-hydrogen) atoms. The number of nitrogens with one attached hydrogen (secondary N) is 1. The number of hydrogen-bond acceptors (Lipinski definition) is 4. The van der Waals surface area contributed by atoms with Crippen LogP contribution in [0.15, 0.2) is 42.5 Å². The predicted octanol–water partition coefficient (Wildman–Crippen LogP) is 3.45. The number of carbonyl (C=O) groups is 2. The Morgan fingerprint density at radius 3 is 2.48 bits per heavy atom. The van der Waals surface area contributed by atoms with Gasteiger partial charge in [-0.3, -0.25) is 4.79 Å². The van der Waals surface area contributed by atoms with Crippen LogP contribution in [0, 0.1) is 17.6 Å². The molecule has 0 spiro atoms. The predicted molar refractivity (Wildman–Crippen MR) is 101 cm³/mol. The van der Waals surface area contributed by atoms with Gasteiger partial charge in [0.05, 0.1) is 5.56 Å². The van der Waals surface area contributed by atoms with E-state index in [9.17, 15) is 18.4 Å². The van der Waals surface area contributed by atoms with Crippen molar-refractivity contribution in [2.75, 3.05) is 19.6 Å². The zero-order valence-corrected chi connectivity index (χ0v) is 15.7. The maximum Gasteiger partial charge on any atom is 0.410 e. The molecule has 2 aromatic rings. The highest BCUT2D eigenvalue weighted by Crippen LogP contribution is 2.21. The van der Waals surface area contributed by atoms with E-state index in [0.29, 0.717) is 38.1 Å². The topological polar surface area (TPSA) is 78.9 Å². The van der Waals surface area contributed by atoms with Gasteiger partial charge in [-0.2, -0.15) is 0 Å². The van der Waals surface area contributed by atoms with Crippen molar-refractivity contribution in [2.24, 2.45) is 5.92 Å². The molecule has 6 nitrogen and oxygen atoms in total. The fourth-order valence-corrected chi connectivity index (χ4v) is 3.17. The second kappa shape index (κ2) is 9.36. The molecule has 1 fully saturated rings. The van der Waals surface area contributed by atoms with Gasteiger partial charge in [0.1, 0.15) is 12.4 Å². The van der Waals surface area contributed by atoms with Gasteiger partial charge in [0.15, 0.2) is 11.6 Å². The number of halogens is 2. The fraction of sp³-hybridized carbons (Fsp3) is 0.333. The standard InChI is InChI=1S/C21H22F2N2O4/c22-17-11-19(26)18(23)10-16(17)20(27)24-12-14-6-8-25(9-7-14)21(28)29-13-15-4-2-1-3-5-15/h1-5,10-11,14,26H,6-9,12-13H2,(H,24,27). The number of phenolic OH excluding ortho intramolecular Hbond substituents is 1. The molecule has 0 radical (unpaired) electrons. The molecule has 1 saturated heterocycles. The van der Waals surface area contributed by atoms with Gasteiger partial charge in [-0.25, -0.2) is 13.6 Å². The lowest BCUT2D eigenvalue weighted by atomic mass is 9.97. The maximum absolute atomic E-state index is 13.7. The number of benzene rings is 2. The summed E-state index contributed by atoms with van der Waals surface area (Å²) in [4.78, 5) is 25.9. The first-order chi connectivity index (χ1) is 13.9. The van der Waals surface area contributed by atoms with Crippen molar-refractivity contribution < 1.29 is 28.2 Å². The first-order valence-electron chi connectivity index (χ1n) is 9.36. The summed E-state index contributed by atoms with van der Waals surface area (Å²) in [5.74, 6) is -3.52. The smallest absolute Gasteiger partial charge is 0.410 e. The number of likely N-dealkylation sites (tertiary alicyclic amines) is 1. The molecule has 0 atom stereocenters. The molecule has 0 saturated carbocycles. The van der Waals surface area contributed by atoms with E-state index in [-0.39, 0.29) is 25.2 Å². The first kappa shape index (κ1) is 20.6. The molecule has 3 rings (SSSR count). The van der Waals surface area contributed by atoms with E-state index in [1.54, 1.807) is 4.90 Å². The summed E-state index contributed by atoms with van der Waals surface area (Å²) >= 11 is 0. The molecule has 2 aromatic carbocycles. The highest BCUT2D eigenvalue weighted by atomic mass is 19.1. The summed E-state index contributed by atoms with van der Waals surface area (Å²) in [7, 11) is 0. The van der Waals surface area contributed by atoms with Gasteiger partial charge in [-0.1, -0.05) is 30.3 Å².